The molecule has 0 saturated heterocycles. The van der Waals surface area contributed by atoms with Crippen LogP contribution in [0.15, 0.2) is 18.2 Å². The molecule has 2 rings (SSSR count). The van der Waals surface area contributed by atoms with E-state index in [1.54, 1.807) is 30.1 Å². The number of aromatic hydroxyl groups is 1. The lowest BCUT2D eigenvalue weighted by molar-refractivity contribution is -0.140. The molecule has 1 fully saturated rings. The number of hydrogen-bond acceptors (Lipinski definition) is 4. The highest BCUT2D eigenvalue weighted by Gasteiger charge is 2.41. The predicted octanol–water partition coefficient (Wildman–Crippen LogP) is 2.30. The largest absolute Gasteiger partial charge is 0.504 e. The SMILES string of the molecule is COc1cc(CN(C)C(=O)C2(CN)CCCC2)ccc1O.Cl. The van der Waals surface area contributed by atoms with Crippen LogP contribution in [0.1, 0.15) is 31.2 Å². The molecule has 22 heavy (non-hydrogen) atoms. The van der Waals surface area contributed by atoms with Gasteiger partial charge >= 0.3 is 0 Å². The van der Waals surface area contributed by atoms with E-state index < -0.39 is 0 Å². The molecule has 0 bridgehead atoms. The zero-order valence-corrected chi connectivity index (χ0v) is 14.0. The fourth-order valence-corrected chi connectivity index (χ4v) is 3.13. The van der Waals surface area contributed by atoms with Gasteiger partial charge in [0.05, 0.1) is 12.5 Å². The van der Waals surface area contributed by atoms with Crippen molar-refractivity contribution in [3.8, 4) is 11.5 Å². The zero-order chi connectivity index (χ0) is 15.5. The molecule has 6 heteroatoms. The number of benzene rings is 1. The molecule has 1 aromatic rings. The summed E-state index contributed by atoms with van der Waals surface area (Å²) in [5.74, 6) is 0.641. The predicted molar refractivity (Wildman–Crippen MR) is 88.3 cm³/mol. The average molecular weight is 329 g/mol. The third-order valence-electron chi connectivity index (χ3n) is 4.42. The normalized spacial score (nSPS) is 16.0. The Morgan fingerprint density at radius 1 is 1.41 bits per heavy atom. The molecule has 0 spiro atoms. The molecule has 1 amide bonds. The molecule has 0 heterocycles. The number of ether oxygens (including phenoxy) is 1. The topological polar surface area (TPSA) is 75.8 Å². The number of nitrogens with two attached hydrogens (primary N) is 1. The molecule has 1 aliphatic rings. The van der Waals surface area contributed by atoms with Crippen molar-refractivity contribution in [1.29, 1.82) is 0 Å². The Morgan fingerprint density at radius 2 is 2.05 bits per heavy atom. The Bertz CT molecular complexity index is 516. The van der Waals surface area contributed by atoms with Crippen molar-refractivity contribution in [2.75, 3.05) is 20.7 Å². The van der Waals surface area contributed by atoms with Gasteiger partial charge < -0.3 is 20.5 Å². The lowest BCUT2D eigenvalue weighted by atomic mass is 9.84. The summed E-state index contributed by atoms with van der Waals surface area (Å²) in [6, 6.07) is 5.13. The average Bonchev–Trinajstić information content (AvgIpc) is 2.98. The van der Waals surface area contributed by atoms with Gasteiger partial charge in [0.25, 0.3) is 0 Å². The summed E-state index contributed by atoms with van der Waals surface area (Å²) in [5.41, 5.74) is 6.41. The monoisotopic (exact) mass is 328 g/mol. The Hall–Kier alpha value is -1.46. The summed E-state index contributed by atoms with van der Waals surface area (Å²) in [7, 11) is 3.31. The molecule has 0 radical (unpaired) electrons. The second-order valence-electron chi connectivity index (χ2n) is 5.86. The Kier molecular flexibility index (Phi) is 6.50. The second-order valence-corrected chi connectivity index (χ2v) is 5.86. The number of methoxy groups -OCH3 is 1. The molecular formula is C16H25ClN2O3. The molecule has 1 aromatic carbocycles. The summed E-state index contributed by atoms with van der Waals surface area (Å²) in [5, 5.41) is 9.61. The first-order valence-electron chi connectivity index (χ1n) is 7.34. The van der Waals surface area contributed by atoms with Crippen LogP contribution in [0.4, 0.5) is 0 Å². The molecule has 0 aromatic heterocycles. The first kappa shape index (κ1) is 18.6. The third kappa shape index (κ3) is 3.65. The van der Waals surface area contributed by atoms with E-state index in [4.69, 9.17) is 10.5 Å². The van der Waals surface area contributed by atoms with E-state index >= 15 is 0 Å². The van der Waals surface area contributed by atoms with Gasteiger partial charge in [0, 0.05) is 20.1 Å². The maximum Gasteiger partial charge on any atom is 0.230 e. The van der Waals surface area contributed by atoms with Crippen LogP contribution in [0.5, 0.6) is 11.5 Å². The van der Waals surface area contributed by atoms with Gasteiger partial charge in [-0.25, -0.2) is 0 Å². The lowest BCUT2D eigenvalue weighted by Gasteiger charge is -2.31. The van der Waals surface area contributed by atoms with Crippen LogP contribution < -0.4 is 10.5 Å². The number of hydrogen-bond donors (Lipinski definition) is 2. The van der Waals surface area contributed by atoms with E-state index in [-0.39, 0.29) is 29.5 Å². The molecule has 0 aliphatic heterocycles. The first-order chi connectivity index (χ1) is 10.0. The van der Waals surface area contributed by atoms with Crippen LogP contribution in [-0.4, -0.2) is 36.6 Å². The van der Waals surface area contributed by atoms with Crippen LogP contribution in [0.2, 0.25) is 0 Å². The number of rotatable bonds is 5. The summed E-state index contributed by atoms with van der Waals surface area (Å²) < 4.78 is 5.10. The summed E-state index contributed by atoms with van der Waals surface area (Å²) in [6.45, 7) is 0.895. The minimum absolute atomic E-state index is 0. The number of phenolic OH excluding ortho intramolecular Hbond substituents is 1. The Morgan fingerprint density at radius 3 is 2.59 bits per heavy atom. The Balaban J connectivity index is 0.00000242. The fourth-order valence-electron chi connectivity index (χ4n) is 3.13. The van der Waals surface area contributed by atoms with Crippen molar-refractivity contribution in [3.63, 3.8) is 0 Å². The molecule has 5 nitrogen and oxygen atoms in total. The van der Waals surface area contributed by atoms with Crippen molar-refractivity contribution in [2.24, 2.45) is 11.1 Å². The van der Waals surface area contributed by atoms with Crippen LogP contribution in [0.3, 0.4) is 0 Å². The summed E-state index contributed by atoms with van der Waals surface area (Å²) >= 11 is 0. The third-order valence-corrected chi connectivity index (χ3v) is 4.42. The number of carbonyl (C=O) groups excluding carboxylic acids is 1. The molecule has 0 atom stereocenters. The Labute approximate surface area is 137 Å². The minimum atomic E-state index is -0.379. The quantitative estimate of drug-likeness (QED) is 0.869. The van der Waals surface area contributed by atoms with Gasteiger partial charge in [-0.05, 0) is 30.5 Å². The maximum atomic E-state index is 12.7. The molecule has 124 valence electrons. The van der Waals surface area contributed by atoms with E-state index in [0.717, 1.165) is 31.2 Å². The highest BCUT2D eigenvalue weighted by Crippen LogP contribution is 2.39. The van der Waals surface area contributed by atoms with Gasteiger partial charge in [-0.15, -0.1) is 12.4 Å². The van der Waals surface area contributed by atoms with E-state index in [2.05, 4.69) is 0 Å². The van der Waals surface area contributed by atoms with Gasteiger partial charge in [0.1, 0.15) is 0 Å². The highest BCUT2D eigenvalue weighted by atomic mass is 35.5. The summed E-state index contributed by atoms with van der Waals surface area (Å²) in [4.78, 5) is 14.4. The molecular weight excluding hydrogens is 304 g/mol. The first-order valence-corrected chi connectivity index (χ1v) is 7.34. The van der Waals surface area contributed by atoms with E-state index in [0.29, 0.717) is 18.8 Å². The van der Waals surface area contributed by atoms with E-state index in [1.807, 2.05) is 0 Å². The molecule has 0 unspecified atom stereocenters. The van der Waals surface area contributed by atoms with Crippen LogP contribution >= 0.6 is 12.4 Å². The van der Waals surface area contributed by atoms with Crippen molar-refractivity contribution in [1.82, 2.24) is 4.90 Å². The lowest BCUT2D eigenvalue weighted by Crippen LogP contribution is -2.44. The molecule has 3 N–H and O–H groups in total. The van der Waals surface area contributed by atoms with Gasteiger partial charge in [-0.1, -0.05) is 18.9 Å². The van der Waals surface area contributed by atoms with E-state index in [9.17, 15) is 9.90 Å². The zero-order valence-electron chi connectivity index (χ0n) is 13.2. The van der Waals surface area contributed by atoms with Crippen molar-refractivity contribution < 1.29 is 14.6 Å². The maximum absolute atomic E-state index is 12.7. The minimum Gasteiger partial charge on any atom is -0.504 e. The smallest absolute Gasteiger partial charge is 0.230 e. The van der Waals surface area contributed by atoms with Crippen molar-refractivity contribution in [3.05, 3.63) is 23.8 Å². The van der Waals surface area contributed by atoms with Gasteiger partial charge in [-0.2, -0.15) is 0 Å². The van der Waals surface area contributed by atoms with Gasteiger partial charge in [-0.3, -0.25) is 4.79 Å². The standard InChI is InChI=1S/C16H24N2O3.ClH/c1-18(15(20)16(11-17)7-3-4-8-16)10-12-5-6-13(19)14(9-12)21-2;/h5-6,9,19H,3-4,7-8,10-11,17H2,1-2H3;1H. The second kappa shape index (κ2) is 7.70. The van der Waals surface area contributed by atoms with Crippen molar-refractivity contribution >= 4 is 18.3 Å². The van der Waals surface area contributed by atoms with E-state index in [1.165, 1.54) is 7.11 Å². The summed E-state index contributed by atoms with van der Waals surface area (Å²) in [6.07, 6.45) is 3.91. The molecule has 1 aliphatic carbocycles. The number of amides is 1. The fraction of sp³-hybridized carbons (Fsp3) is 0.562. The number of phenols is 1. The number of halogens is 1. The number of nitrogens with zero attached hydrogens (tertiary/aromatic N) is 1. The van der Waals surface area contributed by atoms with Crippen LogP contribution in [0, 0.1) is 5.41 Å². The molecule has 1 saturated carbocycles. The van der Waals surface area contributed by atoms with Crippen LogP contribution in [-0.2, 0) is 11.3 Å². The van der Waals surface area contributed by atoms with Gasteiger partial charge in [0.2, 0.25) is 5.91 Å². The number of carbonyl (C=O) groups is 1. The van der Waals surface area contributed by atoms with Gasteiger partial charge in [0.15, 0.2) is 11.5 Å². The van der Waals surface area contributed by atoms with Crippen LogP contribution in [0.25, 0.3) is 0 Å². The highest BCUT2D eigenvalue weighted by molar-refractivity contribution is 5.85. The van der Waals surface area contributed by atoms with Crippen molar-refractivity contribution in [2.45, 2.75) is 32.2 Å².